The number of likely N-dealkylation sites (tertiary alicyclic amines) is 1. The van der Waals surface area contributed by atoms with Crippen molar-refractivity contribution in [3.8, 4) is 5.75 Å². The average Bonchev–Trinajstić information content (AvgIpc) is 2.55. The number of halogens is 1. The maximum Gasteiger partial charge on any atom is 0.217 e. The van der Waals surface area contributed by atoms with Crippen LogP contribution in [0, 0.1) is 5.92 Å². The fraction of sp³-hybridized carbons (Fsp3) is 0.556. The van der Waals surface area contributed by atoms with Crippen LogP contribution in [0.3, 0.4) is 0 Å². The minimum atomic E-state index is -0.238. The number of guanidine groups is 1. The molecule has 2 atom stereocenters. The molecule has 1 fully saturated rings. The summed E-state index contributed by atoms with van der Waals surface area (Å²) < 4.78 is 5.87. The van der Waals surface area contributed by atoms with Gasteiger partial charge in [0.15, 0.2) is 5.96 Å². The third-order valence-corrected chi connectivity index (χ3v) is 4.44. The Bertz CT molecular complexity index is 608. The highest BCUT2D eigenvalue weighted by Gasteiger charge is 2.23. The summed E-state index contributed by atoms with van der Waals surface area (Å²) in [5, 5.41) is 4.00. The number of nitrogens with zero attached hydrogens (tertiary/aromatic N) is 2. The molecule has 0 bridgehead atoms. The summed E-state index contributed by atoms with van der Waals surface area (Å²) in [7, 11) is 1.77. The molecule has 25 heavy (non-hydrogen) atoms. The van der Waals surface area contributed by atoms with Crippen LogP contribution in [0.1, 0.15) is 26.2 Å². The molecule has 1 heterocycles. The maximum atomic E-state index is 11.2. The number of aliphatic imine (C=N–C) groups is 1. The van der Waals surface area contributed by atoms with Crippen LogP contribution in [0.2, 0.25) is 5.02 Å². The van der Waals surface area contributed by atoms with Gasteiger partial charge in [-0.25, -0.2) is 0 Å². The van der Waals surface area contributed by atoms with E-state index in [1.165, 1.54) is 0 Å². The van der Waals surface area contributed by atoms with Crippen LogP contribution in [0.5, 0.6) is 5.75 Å². The lowest BCUT2D eigenvalue weighted by atomic mass is 9.95. The number of amides is 1. The second-order valence-electron chi connectivity index (χ2n) is 6.44. The molecule has 1 aliphatic heterocycles. The van der Waals surface area contributed by atoms with E-state index in [0.29, 0.717) is 23.9 Å². The highest BCUT2D eigenvalue weighted by molar-refractivity contribution is 6.30. The van der Waals surface area contributed by atoms with Gasteiger partial charge in [0, 0.05) is 31.6 Å². The van der Waals surface area contributed by atoms with E-state index in [0.717, 1.165) is 37.6 Å². The van der Waals surface area contributed by atoms with E-state index in [-0.39, 0.29) is 12.0 Å². The molecule has 0 aromatic heterocycles. The lowest BCUT2D eigenvalue weighted by Crippen LogP contribution is -2.49. The number of hydrogen-bond donors (Lipinski definition) is 2. The van der Waals surface area contributed by atoms with Crippen LogP contribution >= 0.6 is 11.6 Å². The second kappa shape index (κ2) is 9.51. The van der Waals surface area contributed by atoms with E-state index in [1.54, 1.807) is 13.1 Å². The Balaban J connectivity index is 1.84. The Morgan fingerprint density at radius 1 is 1.56 bits per heavy atom. The lowest BCUT2D eigenvalue weighted by molar-refractivity contribution is -0.119. The Morgan fingerprint density at radius 2 is 2.36 bits per heavy atom. The van der Waals surface area contributed by atoms with Crippen molar-refractivity contribution in [3.63, 3.8) is 0 Å². The van der Waals surface area contributed by atoms with E-state index >= 15 is 0 Å². The zero-order chi connectivity index (χ0) is 18.2. The third-order valence-electron chi connectivity index (χ3n) is 4.20. The van der Waals surface area contributed by atoms with E-state index in [9.17, 15) is 4.79 Å². The summed E-state index contributed by atoms with van der Waals surface area (Å²) in [5.74, 6) is 1.63. The number of carbonyl (C=O) groups is 1. The smallest absolute Gasteiger partial charge is 0.217 e. The van der Waals surface area contributed by atoms with Crippen LogP contribution in [0.25, 0.3) is 0 Å². The molecule has 6 nitrogen and oxygen atoms in total. The molecule has 1 saturated heterocycles. The predicted molar refractivity (Wildman–Crippen MR) is 101 cm³/mol. The van der Waals surface area contributed by atoms with Crippen molar-refractivity contribution in [1.29, 1.82) is 0 Å². The van der Waals surface area contributed by atoms with Crippen molar-refractivity contribution < 1.29 is 9.53 Å². The van der Waals surface area contributed by atoms with Crippen LogP contribution in [0.4, 0.5) is 0 Å². The summed E-state index contributed by atoms with van der Waals surface area (Å²) in [6.45, 7) is 4.34. The fourth-order valence-corrected chi connectivity index (χ4v) is 3.27. The van der Waals surface area contributed by atoms with Gasteiger partial charge in [0.2, 0.25) is 5.91 Å². The van der Waals surface area contributed by atoms with Gasteiger partial charge in [0.05, 0.1) is 6.54 Å². The molecule has 1 aromatic carbocycles. The van der Waals surface area contributed by atoms with Crippen LogP contribution in [-0.4, -0.2) is 49.6 Å². The highest BCUT2D eigenvalue weighted by atomic mass is 35.5. The lowest BCUT2D eigenvalue weighted by Gasteiger charge is -2.35. The van der Waals surface area contributed by atoms with Gasteiger partial charge in [0.1, 0.15) is 11.9 Å². The average molecular weight is 367 g/mol. The summed E-state index contributed by atoms with van der Waals surface area (Å²) in [6.07, 6.45) is 2.46. The van der Waals surface area contributed by atoms with Gasteiger partial charge < -0.3 is 20.7 Å². The summed E-state index contributed by atoms with van der Waals surface area (Å²) >= 11 is 5.98. The van der Waals surface area contributed by atoms with Gasteiger partial charge in [0.25, 0.3) is 0 Å². The monoisotopic (exact) mass is 366 g/mol. The van der Waals surface area contributed by atoms with Crippen molar-refractivity contribution >= 4 is 23.5 Å². The Labute approximate surface area is 154 Å². The van der Waals surface area contributed by atoms with Gasteiger partial charge in [-0.2, -0.15) is 0 Å². The van der Waals surface area contributed by atoms with E-state index < -0.39 is 0 Å². The van der Waals surface area contributed by atoms with E-state index in [2.05, 4.69) is 15.2 Å². The van der Waals surface area contributed by atoms with E-state index in [4.69, 9.17) is 22.1 Å². The van der Waals surface area contributed by atoms with Crippen LogP contribution < -0.4 is 15.8 Å². The highest BCUT2D eigenvalue weighted by Crippen LogP contribution is 2.20. The summed E-state index contributed by atoms with van der Waals surface area (Å²) in [6, 6.07) is 7.36. The number of nitrogens with one attached hydrogen (secondary N) is 1. The number of nitrogens with two attached hydrogens (primary N) is 1. The molecular weight excluding hydrogens is 340 g/mol. The Kier molecular flexibility index (Phi) is 7.37. The molecular formula is C18H27ClN4O2. The Hall–Kier alpha value is -1.95. The van der Waals surface area contributed by atoms with Gasteiger partial charge >= 0.3 is 0 Å². The zero-order valence-electron chi connectivity index (χ0n) is 14.9. The number of ether oxygens (including phenoxy) is 1. The van der Waals surface area contributed by atoms with Crippen molar-refractivity contribution in [3.05, 3.63) is 29.3 Å². The van der Waals surface area contributed by atoms with Crippen LogP contribution in [-0.2, 0) is 4.79 Å². The van der Waals surface area contributed by atoms with Crippen molar-refractivity contribution in [2.45, 2.75) is 32.3 Å². The molecule has 2 rings (SSSR count). The van der Waals surface area contributed by atoms with Gasteiger partial charge in [-0.05, 0) is 43.9 Å². The van der Waals surface area contributed by atoms with Crippen molar-refractivity contribution in [2.75, 3.05) is 26.7 Å². The molecule has 0 saturated carbocycles. The maximum absolute atomic E-state index is 11.2. The summed E-state index contributed by atoms with van der Waals surface area (Å²) in [4.78, 5) is 17.7. The minimum Gasteiger partial charge on any atom is -0.489 e. The molecule has 3 N–H and O–H groups in total. The third kappa shape index (κ3) is 6.46. The first kappa shape index (κ1) is 19.4. The molecule has 0 spiro atoms. The quantitative estimate of drug-likeness (QED) is 0.598. The summed E-state index contributed by atoms with van der Waals surface area (Å²) in [5.41, 5.74) is 5.33. The normalized spacial score (nSPS) is 19.4. The number of hydrogen-bond acceptors (Lipinski definition) is 3. The van der Waals surface area contributed by atoms with Gasteiger partial charge in [-0.3, -0.25) is 9.79 Å². The van der Waals surface area contributed by atoms with E-state index in [1.807, 2.05) is 25.1 Å². The number of rotatable bonds is 6. The molecule has 7 heteroatoms. The number of primary amides is 1. The first-order valence-corrected chi connectivity index (χ1v) is 9.02. The first-order valence-electron chi connectivity index (χ1n) is 8.64. The molecule has 1 amide bonds. The van der Waals surface area contributed by atoms with Crippen molar-refractivity contribution in [2.24, 2.45) is 16.6 Å². The molecule has 138 valence electrons. The molecule has 2 unspecified atom stereocenters. The zero-order valence-corrected chi connectivity index (χ0v) is 15.6. The number of piperidine rings is 1. The van der Waals surface area contributed by atoms with Crippen LogP contribution in [0.15, 0.2) is 29.3 Å². The van der Waals surface area contributed by atoms with Gasteiger partial charge in [-0.1, -0.05) is 17.7 Å². The van der Waals surface area contributed by atoms with Crippen molar-refractivity contribution in [1.82, 2.24) is 10.2 Å². The minimum absolute atomic E-state index is 0.0403. The van der Waals surface area contributed by atoms with Gasteiger partial charge in [-0.15, -0.1) is 0 Å². The second-order valence-corrected chi connectivity index (χ2v) is 6.88. The molecule has 1 aliphatic rings. The number of carbonyl (C=O) groups excluding carboxylic acids is 1. The predicted octanol–water partition coefficient (Wildman–Crippen LogP) is 2.27. The molecule has 0 aliphatic carbocycles. The Morgan fingerprint density at radius 3 is 3.04 bits per heavy atom. The fourth-order valence-electron chi connectivity index (χ4n) is 3.09. The topological polar surface area (TPSA) is 80.0 Å². The SMILES string of the molecule is CN=C(NCC(C)Oc1cccc(Cl)c1)N1CCCC(CC(N)=O)C1. The largest absolute Gasteiger partial charge is 0.489 e. The number of benzene rings is 1. The molecule has 1 aromatic rings. The first-order chi connectivity index (χ1) is 12.0. The molecule has 0 radical (unpaired) electrons. The standard InChI is InChI=1S/C18H27ClN4O2/c1-13(25-16-7-3-6-15(19)10-16)11-22-18(21-2)23-8-4-5-14(12-23)9-17(20)24/h3,6-7,10,13-14H,4-5,8-9,11-12H2,1-2H3,(H2,20,24)(H,21,22).